The molecule has 2 aromatic rings. The molecule has 0 unspecified atom stereocenters. The van der Waals surface area contributed by atoms with Gasteiger partial charge in [-0.3, -0.25) is 9.59 Å². The van der Waals surface area contributed by atoms with E-state index in [9.17, 15) is 19.6 Å². The molecule has 122 valence electrons. The number of benzene rings is 2. The van der Waals surface area contributed by atoms with E-state index in [1.54, 1.807) is 0 Å². The Bertz CT molecular complexity index is 1000. The van der Waals surface area contributed by atoms with E-state index in [-0.39, 0.29) is 23.6 Å². The third-order valence-corrected chi connectivity index (χ3v) is 4.20. The number of nitrogens with zero attached hydrogens (tertiary/aromatic N) is 1. The SMILES string of the molecule is O=Nc1cc2c(cc1O)OC1=CC(=O)C(=O)CC1=C2c1ccccc1. The predicted molar refractivity (Wildman–Crippen MR) is 89.4 cm³/mol. The van der Waals surface area contributed by atoms with Gasteiger partial charge in [0.1, 0.15) is 17.3 Å². The van der Waals surface area contributed by atoms with Gasteiger partial charge in [0.05, 0.1) is 0 Å². The first-order valence-corrected chi connectivity index (χ1v) is 7.55. The summed E-state index contributed by atoms with van der Waals surface area (Å²) in [7, 11) is 0. The van der Waals surface area contributed by atoms with Crippen LogP contribution in [0.1, 0.15) is 17.5 Å². The van der Waals surface area contributed by atoms with Crippen molar-refractivity contribution in [1.29, 1.82) is 0 Å². The van der Waals surface area contributed by atoms with E-state index in [0.29, 0.717) is 22.5 Å². The van der Waals surface area contributed by atoms with Crippen molar-refractivity contribution in [1.82, 2.24) is 0 Å². The fraction of sp³-hybridized carbons (Fsp3) is 0.0526. The van der Waals surface area contributed by atoms with Gasteiger partial charge in [-0.2, -0.15) is 0 Å². The fourth-order valence-electron chi connectivity index (χ4n) is 3.05. The van der Waals surface area contributed by atoms with E-state index < -0.39 is 11.6 Å². The van der Waals surface area contributed by atoms with Gasteiger partial charge in [-0.25, -0.2) is 0 Å². The van der Waals surface area contributed by atoms with E-state index in [1.807, 2.05) is 30.3 Å². The van der Waals surface area contributed by atoms with Crippen LogP contribution in [0.4, 0.5) is 5.69 Å². The quantitative estimate of drug-likeness (QED) is 0.671. The summed E-state index contributed by atoms with van der Waals surface area (Å²) in [6.07, 6.45) is 1.08. The van der Waals surface area contributed by atoms with Gasteiger partial charge < -0.3 is 9.84 Å². The predicted octanol–water partition coefficient (Wildman–Crippen LogP) is 3.41. The molecule has 1 aliphatic heterocycles. The summed E-state index contributed by atoms with van der Waals surface area (Å²) in [5.74, 6) is -0.886. The molecule has 0 radical (unpaired) electrons. The van der Waals surface area contributed by atoms with Gasteiger partial charge in [0.2, 0.25) is 11.6 Å². The number of rotatable bonds is 2. The first-order valence-electron chi connectivity index (χ1n) is 7.55. The van der Waals surface area contributed by atoms with Gasteiger partial charge in [-0.15, -0.1) is 4.91 Å². The standard InChI is InChI=1S/C19H11NO5/c21-14-8-17-11(6-13(14)20-24)19(10-4-2-1-3-5-10)12-7-15(22)16(23)9-18(12)25-17/h1-6,8-9,21H,7H2. The lowest BCUT2D eigenvalue weighted by molar-refractivity contribution is -0.133. The molecule has 0 saturated heterocycles. The number of phenols is 1. The number of ketones is 2. The summed E-state index contributed by atoms with van der Waals surface area (Å²) >= 11 is 0. The van der Waals surface area contributed by atoms with E-state index in [2.05, 4.69) is 5.18 Å². The number of carbonyl (C=O) groups excluding carboxylic acids is 2. The number of hydrogen-bond acceptors (Lipinski definition) is 6. The second-order valence-electron chi connectivity index (χ2n) is 5.72. The minimum absolute atomic E-state index is 0.0843. The van der Waals surface area contributed by atoms with Crippen LogP contribution in [0.5, 0.6) is 11.5 Å². The minimum Gasteiger partial charge on any atom is -0.505 e. The number of aromatic hydroxyl groups is 1. The van der Waals surface area contributed by atoms with Gasteiger partial charge in [-0.1, -0.05) is 30.3 Å². The molecule has 4 rings (SSSR count). The lowest BCUT2D eigenvalue weighted by atomic mass is 9.84. The molecule has 6 heteroatoms. The Morgan fingerprint density at radius 3 is 2.56 bits per heavy atom. The summed E-state index contributed by atoms with van der Waals surface area (Å²) in [6.45, 7) is 0. The Morgan fingerprint density at radius 1 is 1.08 bits per heavy atom. The Labute approximate surface area is 142 Å². The zero-order chi connectivity index (χ0) is 17.6. The largest absolute Gasteiger partial charge is 0.505 e. The highest BCUT2D eigenvalue weighted by Gasteiger charge is 2.33. The molecular weight excluding hydrogens is 322 g/mol. The number of Topliss-reactive ketones (excluding diaryl/α,β-unsaturated/α-hetero) is 1. The monoisotopic (exact) mass is 333 g/mol. The second-order valence-corrected chi connectivity index (χ2v) is 5.72. The molecule has 0 aromatic heterocycles. The Balaban J connectivity index is 2.06. The minimum atomic E-state index is -0.620. The molecule has 0 bridgehead atoms. The van der Waals surface area contributed by atoms with E-state index in [4.69, 9.17) is 4.74 Å². The molecule has 2 aliphatic rings. The first-order chi connectivity index (χ1) is 12.1. The highest BCUT2D eigenvalue weighted by atomic mass is 16.5. The second kappa shape index (κ2) is 5.52. The molecule has 0 spiro atoms. The Kier molecular flexibility index (Phi) is 3.32. The normalized spacial score (nSPS) is 15.9. The van der Waals surface area contributed by atoms with E-state index in [0.717, 1.165) is 11.6 Å². The van der Waals surface area contributed by atoms with Crippen molar-refractivity contribution >= 4 is 22.8 Å². The van der Waals surface area contributed by atoms with Crippen LogP contribution in [0.15, 0.2) is 65.0 Å². The van der Waals surface area contributed by atoms with Gasteiger partial charge >= 0.3 is 0 Å². The lowest BCUT2D eigenvalue weighted by Gasteiger charge is -2.28. The molecule has 0 amide bonds. The molecule has 1 heterocycles. The van der Waals surface area contributed by atoms with Crippen LogP contribution in [0.3, 0.4) is 0 Å². The van der Waals surface area contributed by atoms with Gasteiger partial charge in [-0.05, 0) is 16.8 Å². The molecule has 0 fully saturated rings. The third-order valence-electron chi connectivity index (χ3n) is 4.20. The number of phenolic OH excluding ortho intramolecular Hbond substituents is 1. The van der Waals surface area contributed by atoms with Gasteiger partial charge in [0.25, 0.3) is 0 Å². The highest BCUT2D eigenvalue weighted by Crippen LogP contribution is 2.47. The van der Waals surface area contributed by atoms with Crippen LogP contribution in [0.2, 0.25) is 0 Å². The van der Waals surface area contributed by atoms with Crippen LogP contribution in [0.25, 0.3) is 5.57 Å². The van der Waals surface area contributed by atoms with Crippen molar-refractivity contribution in [2.24, 2.45) is 5.18 Å². The van der Waals surface area contributed by atoms with Gasteiger partial charge in [0, 0.05) is 35.3 Å². The van der Waals surface area contributed by atoms with Crippen LogP contribution >= 0.6 is 0 Å². The number of nitroso groups, excluding NO2 is 1. The smallest absolute Gasteiger partial charge is 0.225 e. The van der Waals surface area contributed by atoms with Crippen molar-refractivity contribution in [3.8, 4) is 11.5 Å². The molecule has 0 saturated carbocycles. The number of hydrogen-bond donors (Lipinski definition) is 1. The van der Waals surface area contributed by atoms with E-state index in [1.165, 1.54) is 12.1 Å². The average Bonchev–Trinajstić information content (AvgIpc) is 2.61. The van der Waals surface area contributed by atoms with E-state index >= 15 is 0 Å². The maximum atomic E-state index is 11.9. The van der Waals surface area contributed by atoms with Crippen LogP contribution < -0.4 is 4.74 Å². The summed E-state index contributed by atoms with van der Waals surface area (Å²) in [4.78, 5) is 34.6. The van der Waals surface area contributed by atoms with Crippen molar-refractivity contribution < 1.29 is 19.4 Å². The highest BCUT2D eigenvalue weighted by molar-refractivity contribution is 6.43. The Morgan fingerprint density at radius 2 is 1.84 bits per heavy atom. The molecule has 1 aliphatic carbocycles. The topological polar surface area (TPSA) is 93.0 Å². The lowest BCUT2D eigenvalue weighted by Crippen LogP contribution is -2.23. The van der Waals surface area contributed by atoms with Crippen molar-refractivity contribution in [3.05, 3.63) is 75.9 Å². The summed E-state index contributed by atoms with van der Waals surface area (Å²) < 4.78 is 5.71. The van der Waals surface area contributed by atoms with Crippen molar-refractivity contribution in [2.75, 3.05) is 0 Å². The molecule has 1 N–H and O–H groups in total. The van der Waals surface area contributed by atoms with Crippen molar-refractivity contribution in [3.63, 3.8) is 0 Å². The maximum Gasteiger partial charge on any atom is 0.225 e. The molecular formula is C19H11NO5. The number of fused-ring (bicyclic) bond motifs is 2. The third kappa shape index (κ3) is 2.35. The maximum absolute atomic E-state index is 11.9. The molecule has 2 aromatic carbocycles. The van der Waals surface area contributed by atoms with Gasteiger partial charge in [0.15, 0.2) is 5.69 Å². The Hall–Kier alpha value is -3.54. The average molecular weight is 333 g/mol. The molecule has 25 heavy (non-hydrogen) atoms. The summed E-state index contributed by atoms with van der Waals surface area (Å²) in [5, 5.41) is 12.7. The molecule has 6 nitrogen and oxygen atoms in total. The first kappa shape index (κ1) is 15.0. The number of carbonyl (C=O) groups is 2. The number of ether oxygens (including phenoxy) is 1. The summed E-state index contributed by atoms with van der Waals surface area (Å²) in [6, 6.07) is 12.0. The van der Waals surface area contributed by atoms with Crippen molar-refractivity contribution in [2.45, 2.75) is 6.42 Å². The fourth-order valence-corrected chi connectivity index (χ4v) is 3.05. The summed E-state index contributed by atoms with van der Waals surface area (Å²) in [5.41, 5.74) is 2.47. The zero-order valence-electron chi connectivity index (χ0n) is 12.9. The van der Waals surface area contributed by atoms with Crippen LogP contribution in [0, 0.1) is 4.91 Å². The molecule has 0 atom stereocenters. The zero-order valence-corrected chi connectivity index (χ0v) is 12.9. The number of allylic oxidation sites excluding steroid dienone is 2. The van der Waals surface area contributed by atoms with Crippen LogP contribution in [-0.2, 0) is 9.59 Å². The van der Waals surface area contributed by atoms with Crippen LogP contribution in [-0.4, -0.2) is 16.7 Å².